The van der Waals surface area contributed by atoms with E-state index in [1.165, 1.54) is 13.8 Å². The van der Waals surface area contributed by atoms with Crippen LogP contribution < -0.4 is 10.6 Å². The molecule has 3 aromatic rings. The zero-order valence-electron chi connectivity index (χ0n) is 16.3. The third kappa shape index (κ3) is 4.12. The number of carbonyl (C=O) groups excluding carboxylic acids is 2. The molecular formula is C24H24N2O2. The fourth-order valence-electron chi connectivity index (χ4n) is 3.45. The predicted molar refractivity (Wildman–Crippen MR) is 113 cm³/mol. The van der Waals surface area contributed by atoms with Crippen molar-refractivity contribution in [3.63, 3.8) is 0 Å². The van der Waals surface area contributed by atoms with E-state index in [9.17, 15) is 9.59 Å². The van der Waals surface area contributed by atoms with Crippen LogP contribution >= 0.6 is 0 Å². The highest BCUT2D eigenvalue weighted by Gasteiger charge is 2.31. The second-order valence-electron chi connectivity index (χ2n) is 7.01. The Balaban J connectivity index is 2.06. The van der Waals surface area contributed by atoms with Gasteiger partial charge >= 0.3 is 0 Å². The Kier molecular flexibility index (Phi) is 5.59. The Hall–Kier alpha value is -3.40. The van der Waals surface area contributed by atoms with E-state index in [1.54, 1.807) is 0 Å². The standard InChI is InChI=1S/C24H24N2O2/c1-17(27)25-22-13-9-20(10-14-22)24(3,19-7-5-4-6-8-19)21-11-15-23(16-12-21)26-18(2)28/h4-16H,1-3H3,(H,25,27)(H,26,28). The van der Waals surface area contributed by atoms with Crippen LogP contribution in [-0.2, 0) is 15.0 Å². The van der Waals surface area contributed by atoms with E-state index in [2.05, 4.69) is 29.7 Å². The van der Waals surface area contributed by atoms with Crippen LogP contribution in [0.15, 0.2) is 78.9 Å². The number of nitrogens with one attached hydrogen (secondary N) is 2. The maximum Gasteiger partial charge on any atom is 0.221 e. The first-order valence-electron chi connectivity index (χ1n) is 9.21. The normalized spacial score (nSPS) is 11.0. The topological polar surface area (TPSA) is 58.2 Å². The minimum Gasteiger partial charge on any atom is -0.326 e. The van der Waals surface area contributed by atoms with Gasteiger partial charge in [0.05, 0.1) is 0 Å². The molecule has 0 aliphatic rings. The van der Waals surface area contributed by atoms with Crippen molar-refractivity contribution in [2.75, 3.05) is 10.6 Å². The molecule has 2 amide bonds. The molecule has 0 bridgehead atoms. The Morgan fingerprint density at radius 3 is 1.32 bits per heavy atom. The van der Waals surface area contributed by atoms with E-state index in [0.717, 1.165) is 28.1 Å². The third-order valence-electron chi connectivity index (χ3n) is 4.92. The fraction of sp³-hybridized carbons (Fsp3) is 0.167. The molecule has 0 aromatic heterocycles. The van der Waals surface area contributed by atoms with Crippen molar-refractivity contribution in [2.45, 2.75) is 26.2 Å². The molecule has 0 heterocycles. The minimum atomic E-state index is -0.384. The first kappa shape index (κ1) is 19.4. The quantitative estimate of drug-likeness (QED) is 0.622. The van der Waals surface area contributed by atoms with Crippen molar-refractivity contribution in [3.05, 3.63) is 95.6 Å². The van der Waals surface area contributed by atoms with Crippen molar-refractivity contribution in [1.82, 2.24) is 0 Å². The molecule has 28 heavy (non-hydrogen) atoms. The van der Waals surface area contributed by atoms with Crippen LogP contribution in [-0.4, -0.2) is 11.8 Å². The highest BCUT2D eigenvalue weighted by atomic mass is 16.2. The molecule has 3 rings (SSSR count). The first-order valence-corrected chi connectivity index (χ1v) is 9.21. The van der Waals surface area contributed by atoms with E-state index >= 15 is 0 Å². The van der Waals surface area contributed by atoms with Gasteiger partial charge in [0.15, 0.2) is 0 Å². The van der Waals surface area contributed by atoms with Gasteiger partial charge in [-0.05, 0) is 47.9 Å². The molecule has 4 nitrogen and oxygen atoms in total. The van der Waals surface area contributed by atoms with E-state index in [0.29, 0.717) is 0 Å². The number of rotatable bonds is 5. The van der Waals surface area contributed by atoms with Crippen molar-refractivity contribution in [3.8, 4) is 0 Å². The van der Waals surface area contributed by atoms with Crippen molar-refractivity contribution < 1.29 is 9.59 Å². The van der Waals surface area contributed by atoms with Gasteiger partial charge in [-0.2, -0.15) is 0 Å². The molecule has 0 unspecified atom stereocenters. The molecule has 0 saturated carbocycles. The van der Waals surface area contributed by atoms with E-state index in [1.807, 2.05) is 66.7 Å². The SMILES string of the molecule is CC(=O)Nc1ccc(C(C)(c2ccccc2)c2ccc(NC(C)=O)cc2)cc1. The molecule has 0 fully saturated rings. The summed E-state index contributed by atoms with van der Waals surface area (Å²) in [6, 6.07) is 26.1. The Labute approximate surface area is 165 Å². The second-order valence-corrected chi connectivity index (χ2v) is 7.01. The largest absolute Gasteiger partial charge is 0.326 e. The van der Waals surface area contributed by atoms with Gasteiger partial charge in [-0.1, -0.05) is 54.6 Å². The van der Waals surface area contributed by atoms with Crippen molar-refractivity contribution in [2.24, 2.45) is 0 Å². The molecule has 0 aliphatic carbocycles. The van der Waals surface area contributed by atoms with Crippen LogP contribution in [0.4, 0.5) is 11.4 Å². The van der Waals surface area contributed by atoms with Gasteiger partial charge in [-0.25, -0.2) is 0 Å². The minimum absolute atomic E-state index is 0.0906. The zero-order chi connectivity index (χ0) is 20.1. The lowest BCUT2D eigenvalue weighted by atomic mass is 9.71. The van der Waals surface area contributed by atoms with Crippen molar-refractivity contribution >= 4 is 23.2 Å². The summed E-state index contributed by atoms with van der Waals surface area (Å²) in [5.74, 6) is -0.181. The molecular weight excluding hydrogens is 348 g/mol. The van der Waals surface area contributed by atoms with Gasteiger partial charge in [0.1, 0.15) is 0 Å². The third-order valence-corrected chi connectivity index (χ3v) is 4.92. The van der Waals surface area contributed by atoms with E-state index < -0.39 is 0 Å². The van der Waals surface area contributed by atoms with Crippen LogP contribution in [0.5, 0.6) is 0 Å². The predicted octanol–water partition coefficient (Wildman–Crippen LogP) is 4.96. The summed E-state index contributed by atoms with van der Waals surface area (Å²) in [5, 5.41) is 5.62. The van der Waals surface area contributed by atoms with Crippen LogP contribution in [0.25, 0.3) is 0 Å². The smallest absolute Gasteiger partial charge is 0.221 e. The van der Waals surface area contributed by atoms with E-state index in [4.69, 9.17) is 0 Å². The lowest BCUT2D eigenvalue weighted by molar-refractivity contribution is -0.115. The second kappa shape index (κ2) is 8.09. The summed E-state index contributed by atoms with van der Waals surface area (Å²) in [6.07, 6.45) is 0. The van der Waals surface area contributed by atoms with E-state index in [-0.39, 0.29) is 17.2 Å². The molecule has 3 aromatic carbocycles. The van der Waals surface area contributed by atoms with Crippen LogP contribution in [0, 0.1) is 0 Å². The van der Waals surface area contributed by atoms with Crippen LogP contribution in [0.2, 0.25) is 0 Å². The molecule has 4 heteroatoms. The van der Waals surface area contributed by atoms with Gasteiger partial charge in [0.2, 0.25) is 11.8 Å². The number of carbonyl (C=O) groups is 2. The fourth-order valence-corrected chi connectivity index (χ4v) is 3.45. The number of anilines is 2. The van der Waals surface area contributed by atoms with Gasteiger partial charge in [0.25, 0.3) is 0 Å². The van der Waals surface area contributed by atoms with Crippen LogP contribution in [0.3, 0.4) is 0 Å². The molecule has 142 valence electrons. The highest BCUT2D eigenvalue weighted by Crippen LogP contribution is 2.39. The summed E-state index contributed by atoms with van der Waals surface area (Å²) >= 11 is 0. The Morgan fingerprint density at radius 1 is 0.607 bits per heavy atom. The average Bonchev–Trinajstić information content (AvgIpc) is 2.68. The monoisotopic (exact) mass is 372 g/mol. The molecule has 2 N–H and O–H groups in total. The molecule has 0 aliphatic heterocycles. The number of hydrogen-bond donors (Lipinski definition) is 2. The average molecular weight is 372 g/mol. The van der Waals surface area contributed by atoms with Crippen molar-refractivity contribution in [1.29, 1.82) is 0 Å². The number of amides is 2. The zero-order valence-corrected chi connectivity index (χ0v) is 16.3. The lowest BCUT2D eigenvalue weighted by Crippen LogP contribution is -2.25. The lowest BCUT2D eigenvalue weighted by Gasteiger charge is -2.32. The summed E-state index contributed by atoms with van der Waals surface area (Å²) in [4.78, 5) is 22.6. The highest BCUT2D eigenvalue weighted by molar-refractivity contribution is 5.89. The van der Waals surface area contributed by atoms with Gasteiger partial charge < -0.3 is 10.6 Å². The molecule has 0 atom stereocenters. The maximum atomic E-state index is 11.3. The van der Waals surface area contributed by atoms with Crippen LogP contribution in [0.1, 0.15) is 37.5 Å². The maximum absolute atomic E-state index is 11.3. The summed E-state index contributed by atoms with van der Waals surface area (Å²) in [7, 11) is 0. The van der Waals surface area contributed by atoms with Gasteiger partial charge in [0, 0.05) is 30.6 Å². The van der Waals surface area contributed by atoms with Gasteiger partial charge in [-0.3, -0.25) is 9.59 Å². The summed E-state index contributed by atoms with van der Waals surface area (Å²) in [5.41, 5.74) is 4.54. The Bertz CT molecular complexity index is 902. The molecule has 0 spiro atoms. The Morgan fingerprint density at radius 2 is 0.964 bits per heavy atom. The molecule has 0 radical (unpaired) electrons. The van der Waals surface area contributed by atoms with Gasteiger partial charge in [-0.15, -0.1) is 0 Å². The summed E-state index contributed by atoms with van der Waals surface area (Å²) in [6.45, 7) is 5.18. The molecule has 0 saturated heterocycles. The summed E-state index contributed by atoms with van der Waals surface area (Å²) < 4.78 is 0. The number of benzene rings is 3. The first-order chi connectivity index (χ1) is 13.4. The number of hydrogen-bond acceptors (Lipinski definition) is 2.